The van der Waals surface area contributed by atoms with Crippen LogP contribution in [0, 0.1) is 0 Å². The molecule has 0 bridgehead atoms. The third-order valence-electron chi connectivity index (χ3n) is 6.00. The van der Waals surface area contributed by atoms with E-state index in [1.165, 1.54) is 28.6 Å². The van der Waals surface area contributed by atoms with Crippen LogP contribution < -0.4 is 10.6 Å². The number of morpholine rings is 1. The number of sulfonamides is 1. The Bertz CT molecular complexity index is 1180. The molecular formula is C24H27F3N4O4S. The van der Waals surface area contributed by atoms with Gasteiger partial charge in [0, 0.05) is 37.1 Å². The maximum absolute atomic E-state index is 13.2. The van der Waals surface area contributed by atoms with Crippen LogP contribution in [0.4, 0.5) is 29.3 Å². The minimum Gasteiger partial charge on any atom is -0.378 e. The van der Waals surface area contributed by atoms with Crippen molar-refractivity contribution in [1.29, 1.82) is 0 Å². The molecule has 2 aliphatic rings. The number of nitrogens with one attached hydrogen (secondary N) is 2. The second-order valence-corrected chi connectivity index (χ2v) is 10.4. The van der Waals surface area contributed by atoms with Crippen molar-refractivity contribution in [1.82, 2.24) is 9.21 Å². The molecule has 0 spiro atoms. The molecule has 0 aliphatic carbocycles. The Morgan fingerprint density at radius 2 is 1.53 bits per heavy atom. The van der Waals surface area contributed by atoms with E-state index in [1.807, 2.05) is 12.3 Å². The molecule has 0 saturated carbocycles. The van der Waals surface area contributed by atoms with Gasteiger partial charge in [0.05, 0.1) is 23.7 Å². The van der Waals surface area contributed by atoms with E-state index >= 15 is 0 Å². The molecule has 2 amide bonds. The van der Waals surface area contributed by atoms with Crippen LogP contribution in [-0.4, -0.2) is 62.5 Å². The number of amides is 2. The molecule has 12 heteroatoms. The number of anilines is 2. The number of hydrogen-bond donors (Lipinski definition) is 2. The van der Waals surface area contributed by atoms with Gasteiger partial charge in [-0.05, 0) is 67.6 Å². The molecule has 2 N–H and O–H groups in total. The fraction of sp³-hybridized carbons (Fsp3) is 0.375. The predicted octanol–water partition coefficient (Wildman–Crippen LogP) is 4.35. The summed E-state index contributed by atoms with van der Waals surface area (Å²) in [5.74, 6) is 0. The van der Waals surface area contributed by atoms with Gasteiger partial charge in [-0.1, -0.05) is 6.08 Å². The topological polar surface area (TPSA) is 91.0 Å². The highest BCUT2D eigenvalue weighted by atomic mass is 32.2. The van der Waals surface area contributed by atoms with Crippen molar-refractivity contribution < 1.29 is 31.1 Å². The van der Waals surface area contributed by atoms with Crippen molar-refractivity contribution in [3.8, 4) is 0 Å². The molecule has 2 heterocycles. The lowest BCUT2D eigenvalue weighted by molar-refractivity contribution is -0.137. The fourth-order valence-electron chi connectivity index (χ4n) is 4.09. The quantitative estimate of drug-likeness (QED) is 0.587. The summed E-state index contributed by atoms with van der Waals surface area (Å²) in [4.78, 5) is 14.4. The van der Waals surface area contributed by atoms with Gasteiger partial charge in [-0.15, -0.1) is 0 Å². The minimum atomic E-state index is -4.46. The number of benzene rings is 2. The second kappa shape index (κ2) is 10.9. The number of rotatable bonds is 6. The predicted molar refractivity (Wildman–Crippen MR) is 129 cm³/mol. The first-order valence-electron chi connectivity index (χ1n) is 11.5. The van der Waals surface area contributed by atoms with Gasteiger partial charge < -0.3 is 20.3 Å². The first-order chi connectivity index (χ1) is 17.1. The normalized spacial score (nSPS) is 19.5. The molecule has 1 unspecified atom stereocenters. The highest BCUT2D eigenvalue weighted by Crippen LogP contribution is 2.30. The number of alkyl halides is 3. The molecule has 4 rings (SSSR count). The summed E-state index contributed by atoms with van der Waals surface area (Å²) >= 11 is 0. The highest BCUT2D eigenvalue weighted by Gasteiger charge is 2.34. The molecule has 2 saturated heterocycles. The first-order valence-corrected chi connectivity index (χ1v) is 12.9. The fourth-order valence-corrected chi connectivity index (χ4v) is 5.74. The Morgan fingerprint density at radius 3 is 2.11 bits per heavy atom. The molecule has 1 atom stereocenters. The number of ether oxygens (including phenoxy) is 1. The smallest absolute Gasteiger partial charge is 0.378 e. The number of carbonyl (C=O) groups is 1. The summed E-state index contributed by atoms with van der Waals surface area (Å²) in [6.45, 7) is 3.28. The summed E-state index contributed by atoms with van der Waals surface area (Å²) in [6, 6.07) is 8.92. The second-order valence-electron chi connectivity index (χ2n) is 8.49. The molecule has 194 valence electrons. The average Bonchev–Trinajstić information content (AvgIpc) is 3.33. The zero-order chi connectivity index (χ0) is 25.8. The summed E-state index contributed by atoms with van der Waals surface area (Å²) in [5, 5.41) is 4.98. The Labute approximate surface area is 207 Å². The van der Waals surface area contributed by atoms with Crippen molar-refractivity contribution in [2.45, 2.75) is 30.0 Å². The van der Waals surface area contributed by atoms with E-state index < -0.39 is 27.8 Å². The lowest BCUT2D eigenvalue weighted by Gasteiger charge is -2.27. The maximum Gasteiger partial charge on any atom is 0.416 e. The lowest BCUT2D eigenvalue weighted by Crippen LogP contribution is -2.36. The Kier molecular flexibility index (Phi) is 7.86. The van der Waals surface area contributed by atoms with Crippen molar-refractivity contribution in [3.05, 3.63) is 66.4 Å². The molecule has 36 heavy (non-hydrogen) atoms. The van der Waals surface area contributed by atoms with Crippen LogP contribution in [0.5, 0.6) is 0 Å². The minimum absolute atomic E-state index is 0.114. The van der Waals surface area contributed by atoms with Crippen molar-refractivity contribution in [3.63, 3.8) is 0 Å². The molecule has 2 aliphatic heterocycles. The summed E-state index contributed by atoms with van der Waals surface area (Å²) in [6.07, 6.45) is 0.919. The highest BCUT2D eigenvalue weighted by molar-refractivity contribution is 7.89. The molecule has 2 aromatic carbocycles. The third-order valence-corrected chi connectivity index (χ3v) is 7.94. The molecule has 0 aromatic heterocycles. The van der Waals surface area contributed by atoms with Crippen LogP contribution in [0.3, 0.4) is 0 Å². The van der Waals surface area contributed by atoms with Gasteiger partial charge in [0.25, 0.3) is 0 Å². The standard InChI is InChI=1S/C24H27F3N4O4S/c25-24(26,27)18-3-5-19(6-4-18)28-23(32)29-20-7-9-22(10-8-20)36(33,34)31-12-1-2-21(31)11-13-30-14-16-35-17-15-30/h3-11,13,21H,1-2,12,14-17H2,(H2,28,29,32)/b13-11+. The number of urea groups is 1. The summed E-state index contributed by atoms with van der Waals surface area (Å²) < 4.78 is 71.3. The Hall–Kier alpha value is -3.09. The number of nitrogens with zero attached hydrogens (tertiary/aromatic N) is 2. The van der Waals surface area contributed by atoms with Gasteiger partial charge in [0.1, 0.15) is 0 Å². The van der Waals surface area contributed by atoms with Crippen LogP contribution in [0.15, 0.2) is 65.7 Å². The van der Waals surface area contributed by atoms with Crippen LogP contribution in [-0.2, 0) is 20.9 Å². The maximum atomic E-state index is 13.2. The third kappa shape index (κ3) is 6.37. The van der Waals surface area contributed by atoms with Crippen LogP contribution in [0.25, 0.3) is 0 Å². The largest absolute Gasteiger partial charge is 0.416 e. The Balaban J connectivity index is 1.36. The van der Waals surface area contributed by atoms with Gasteiger partial charge >= 0.3 is 12.2 Å². The van der Waals surface area contributed by atoms with Gasteiger partial charge in [-0.3, -0.25) is 0 Å². The zero-order valence-corrected chi connectivity index (χ0v) is 20.2. The summed E-state index contributed by atoms with van der Waals surface area (Å²) in [7, 11) is -3.73. The van der Waals surface area contributed by atoms with E-state index in [2.05, 4.69) is 15.5 Å². The van der Waals surface area contributed by atoms with Gasteiger partial charge in [-0.2, -0.15) is 17.5 Å². The lowest BCUT2D eigenvalue weighted by atomic mass is 10.2. The van der Waals surface area contributed by atoms with Gasteiger partial charge in [0.15, 0.2) is 0 Å². The van der Waals surface area contributed by atoms with Gasteiger partial charge in [0.2, 0.25) is 10.0 Å². The first kappa shape index (κ1) is 26.0. The molecule has 2 aromatic rings. The van der Waals surface area contributed by atoms with Crippen LogP contribution >= 0.6 is 0 Å². The number of hydrogen-bond acceptors (Lipinski definition) is 5. The van der Waals surface area contributed by atoms with Crippen LogP contribution in [0.1, 0.15) is 18.4 Å². The summed E-state index contributed by atoms with van der Waals surface area (Å²) in [5.41, 5.74) is -0.296. The van der Waals surface area contributed by atoms with E-state index in [0.717, 1.165) is 50.2 Å². The van der Waals surface area contributed by atoms with E-state index in [0.29, 0.717) is 25.4 Å². The molecular weight excluding hydrogens is 497 g/mol. The SMILES string of the molecule is O=C(Nc1ccc(C(F)(F)F)cc1)Nc1ccc(S(=O)(=O)N2CCCC2/C=C/N2CCOCC2)cc1. The van der Waals surface area contributed by atoms with Crippen molar-refractivity contribution in [2.75, 3.05) is 43.5 Å². The number of halogens is 3. The zero-order valence-electron chi connectivity index (χ0n) is 19.4. The average molecular weight is 525 g/mol. The number of carbonyl (C=O) groups excluding carboxylic acids is 1. The van der Waals surface area contributed by atoms with E-state index in [-0.39, 0.29) is 16.6 Å². The van der Waals surface area contributed by atoms with Crippen molar-refractivity contribution >= 4 is 27.4 Å². The molecule has 0 radical (unpaired) electrons. The van der Waals surface area contributed by atoms with E-state index in [4.69, 9.17) is 4.74 Å². The van der Waals surface area contributed by atoms with Gasteiger partial charge in [-0.25, -0.2) is 13.2 Å². The van der Waals surface area contributed by atoms with Crippen molar-refractivity contribution in [2.24, 2.45) is 0 Å². The van der Waals surface area contributed by atoms with E-state index in [9.17, 15) is 26.4 Å². The molecule has 2 fully saturated rings. The monoisotopic (exact) mass is 524 g/mol. The molecule has 8 nitrogen and oxygen atoms in total. The van der Waals surface area contributed by atoms with E-state index in [1.54, 1.807) is 0 Å². The van der Waals surface area contributed by atoms with Crippen LogP contribution in [0.2, 0.25) is 0 Å². The Morgan fingerprint density at radius 1 is 0.944 bits per heavy atom.